The number of nitrogens with two attached hydrogens (primary N) is 1. The molecule has 3 rings (SSSR count). The summed E-state index contributed by atoms with van der Waals surface area (Å²) in [6.07, 6.45) is 1.41. The number of aromatic nitrogens is 4. The number of methoxy groups -OCH3 is 1. The molecule has 0 saturated heterocycles. The van der Waals surface area contributed by atoms with Crippen molar-refractivity contribution in [3.8, 4) is 11.6 Å². The second-order valence-corrected chi connectivity index (χ2v) is 5.22. The lowest BCUT2D eigenvalue weighted by Gasteiger charge is -2.07. The van der Waals surface area contributed by atoms with Gasteiger partial charge in [-0.05, 0) is 34.1 Å². The highest BCUT2D eigenvalue weighted by Gasteiger charge is 2.16. The van der Waals surface area contributed by atoms with Crippen LogP contribution in [0.1, 0.15) is 0 Å². The van der Waals surface area contributed by atoms with Crippen molar-refractivity contribution in [1.82, 2.24) is 19.5 Å². The summed E-state index contributed by atoms with van der Waals surface area (Å²) in [7, 11) is 1.52. The molecule has 20 heavy (non-hydrogen) atoms. The number of hydrogen-bond acceptors (Lipinski definition) is 5. The van der Waals surface area contributed by atoms with Crippen molar-refractivity contribution in [2.24, 2.45) is 0 Å². The van der Waals surface area contributed by atoms with E-state index < -0.39 is 0 Å². The van der Waals surface area contributed by atoms with Crippen LogP contribution in [0.15, 0.2) is 29.0 Å². The standard InChI is InChI=1S/C12H9BrClN5O/c1-20-11-9-10(16-5-17-11)19(12(15)18-9)6-2-3-8(14)7(13)4-6/h2-5H,1H3,(H2,15,18). The molecule has 0 unspecified atom stereocenters. The highest BCUT2D eigenvalue weighted by Crippen LogP contribution is 2.30. The second-order valence-electron chi connectivity index (χ2n) is 3.96. The lowest BCUT2D eigenvalue weighted by Crippen LogP contribution is -2.01. The molecule has 1 aromatic carbocycles. The molecule has 0 fully saturated rings. The number of benzene rings is 1. The SMILES string of the molecule is COc1ncnc2c1nc(N)n2-c1ccc(Cl)c(Br)c1. The molecule has 6 nitrogen and oxygen atoms in total. The fraction of sp³-hybridized carbons (Fsp3) is 0.0833. The average molecular weight is 355 g/mol. The predicted molar refractivity (Wildman–Crippen MR) is 80.3 cm³/mol. The molecule has 0 spiro atoms. The third-order valence-corrected chi connectivity index (χ3v) is 4.01. The third-order valence-electron chi connectivity index (χ3n) is 2.79. The van der Waals surface area contributed by atoms with Crippen LogP contribution in [0.25, 0.3) is 16.9 Å². The van der Waals surface area contributed by atoms with E-state index in [0.29, 0.717) is 28.0 Å². The molecule has 0 saturated carbocycles. The summed E-state index contributed by atoms with van der Waals surface area (Å²) in [5, 5.41) is 0.615. The van der Waals surface area contributed by atoms with Crippen molar-refractivity contribution in [3.63, 3.8) is 0 Å². The minimum atomic E-state index is 0.299. The Labute approximate surface area is 127 Å². The van der Waals surface area contributed by atoms with Gasteiger partial charge < -0.3 is 10.5 Å². The van der Waals surface area contributed by atoms with E-state index in [0.717, 1.165) is 10.2 Å². The van der Waals surface area contributed by atoms with Crippen molar-refractivity contribution >= 4 is 44.6 Å². The van der Waals surface area contributed by atoms with Crippen LogP contribution in [-0.4, -0.2) is 26.6 Å². The van der Waals surface area contributed by atoms with Crippen molar-refractivity contribution in [1.29, 1.82) is 0 Å². The lowest BCUT2D eigenvalue weighted by molar-refractivity contribution is 0.401. The third kappa shape index (κ3) is 1.99. The van der Waals surface area contributed by atoms with E-state index in [1.54, 1.807) is 10.6 Å². The van der Waals surface area contributed by atoms with Crippen LogP contribution in [0.4, 0.5) is 5.95 Å². The lowest BCUT2D eigenvalue weighted by atomic mass is 10.3. The molecule has 8 heteroatoms. The van der Waals surface area contributed by atoms with Gasteiger partial charge in [0.05, 0.1) is 17.8 Å². The van der Waals surface area contributed by atoms with Crippen LogP contribution in [0.5, 0.6) is 5.88 Å². The number of fused-ring (bicyclic) bond motifs is 1. The summed E-state index contributed by atoms with van der Waals surface area (Å²) >= 11 is 9.38. The normalized spacial score (nSPS) is 10.9. The molecule has 0 bridgehead atoms. The molecule has 2 heterocycles. The predicted octanol–water partition coefficient (Wildman–Crippen LogP) is 2.82. The number of imidazole rings is 1. The molecular formula is C12H9BrClN5O. The van der Waals surface area contributed by atoms with Crippen LogP contribution in [0.3, 0.4) is 0 Å². The zero-order valence-corrected chi connectivity index (χ0v) is 12.7. The molecule has 0 atom stereocenters. The highest BCUT2D eigenvalue weighted by molar-refractivity contribution is 9.10. The second kappa shape index (κ2) is 4.92. The van der Waals surface area contributed by atoms with Gasteiger partial charge in [-0.3, -0.25) is 4.57 Å². The first kappa shape index (κ1) is 13.1. The number of halogens is 2. The van der Waals surface area contributed by atoms with E-state index in [1.165, 1.54) is 13.4 Å². The maximum absolute atomic E-state index is 6.00. The number of ether oxygens (including phenoxy) is 1. The van der Waals surface area contributed by atoms with E-state index in [4.69, 9.17) is 22.1 Å². The topological polar surface area (TPSA) is 78.8 Å². The Morgan fingerprint density at radius 3 is 2.85 bits per heavy atom. The molecule has 0 aliphatic carbocycles. The summed E-state index contributed by atoms with van der Waals surface area (Å²) < 4.78 is 7.63. The van der Waals surface area contributed by atoms with Crippen molar-refractivity contribution in [2.45, 2.75) is 0 Å². The number of nitrogen functional groups attached to an aromatic ring is 1. The summed E-state index contributed by atoms with van der Waals surface area (Å²) in [6.45, 7) is 0. The molecular weight excluding hydrogens is 346 g/mol. The van der Waals surface area contributed by atoms with E-state index in [9.17, 15) is 0 Å². The molecule has 0 radical (unpaired) electrons. The van der Waals surface area contributed by atoms with Crippen LogP contribution < -0.4 is 10.5 Å². The number of hydrogen-bond donors (Lipinski definition) is 1. The monoisotopic (exact) mass is 353 g/mol. The van der Waals surface area contributed by atoms with Crippen LogP contribution in [0, 0.1) is 0 Å². The molecule has 0 aliphatic heterocycles. The van der Waals surface area contributed by atoms with Gasteiger partial charge in [-0.25, -0.2) is 9.97 Å². The molecule has 2 aromatic heterocycles. The van der Waals surface area contributed by atoms with Gasteiger partial charge in [0.25, 0.3) is 0 Å². The van der Waals surface area contributed by atoms with Crippen molar-refractivity contribution in [2.75, 3.05) is 12.8 Å². The largest absolute Gasteiger partial charge is 0.479 e. The highest BCUT2D eigenvalue weighted by atomic mass is 79.9. The van der Waals surface area contributed by atoms with E-state index in [-0.39, 0.29) is 0 Å². The van der Waals surface area contributed by atoms with Gasteiger partial charge in [-0.1, -0.05) is 11.6 Å². The Morgan fingerprint density at radius 2 is 2.15 bits per heavy atom. The Morgan fingerprint density at radius 1 is 1.35 bits per heavy atom. The van der Waals surface area contributed by atoms with Crippen LogP contribution >= 0.6 is 27.5 Å². The summed E-state index contributed by atoms with van der Waals surface area (Å²) in [5.74, 6) is 0.682. The first-order valence-electron chi connectivity index (χ1n) is 5.60. The van der Waals surface area contributed by atoms with Crippen molar-refractivity contribution < 1.29 is 4.74 Å². The van der Waals surface area contributed by atoms with Gasteiger partial charge in [-0.15, -0.1) is 0 Å². The van der Waals surface area contributed by atoms with Gasteiger partial charge in [0.2, 0.25) is 11.8 Å². The quantitative estimate of drug-likeness (QED) is 0.765. The van der Waals surface area contributed by atoms with Gasteiger partial charge >= 0.3 is 0 Å². The van der Waals surface area contributed by atoms with Crippen LogP contribution in [-0.2, 0) is 0 Å². The fourth-order valence-corrected chi connectivity index (χ4v) is 2.40. The van der Waals surface area contributed by atoms with Crippen LogP contribution in [0.2, 0.25) is 5.02 Å². The minimum Gasteiger partial charge on any atom is -0.479 e. The minimum absolute atomic E-state index is 0.299. The smallest absolute Gasteiger partial charge is 0.245 e. The Hall–Kier alpha value is -1.86. The average Bonchev–Trinajstić information content (AvgIpc) is 2.78. The Bertz CT molecular complexity index is 804. The molecule has 102 valence electrons. The summed E-state index contributed by atoms with van der Waals surface area (Å²) in [6, 6.07) is 5.44. The molecule has 2 N–H and O–H groups in total. The molecule has 0 amide bonds. The Balaban J connectivity index is 2.30. The number of anilines is 1. The zero-order chi connectivity index (χ0) is 14.3. The Kier molecular flexibility index (Phi) is 3.23. The van der Waals surface area contributed by atoms with Crippen molar-refractivity contribution in [3.05, 3.63) is 34.0 Å². The van der Waals surface area contributed by atoms with Gasteiger partial charge in [-0.2, -0.15) is 4.98 Å². The number of nitrogens with zero attached hydrogens (tertiary/aromatic N) is 4. The summed E-state index contributed by atoms with van der Waals surface area (Å²) in [5.41, 5.74) is 7.86. The first-order chi connectivity index (χ1) is 9.61. The zero-order valence-electron chi connectivity index (χ0n) is 10.3. The molecule has 0 aliphatic rings. The maximum Gasteiger partial charge on any atom is 0.245 e. The van der Waals surface area contributed by atoms with Gasteiger partial charge in [0, 0.05) is 4.47 Å². The maximum atomic E-state index is 6.00. The summed E-state index contributed by atoms with van der Waals surface area (Å²) in [4.78, 5) is 12.5. The fourth-order valence-electron chi connectivity index (χ4n) is 1.92. The van der Waals surface area contributed by atoms with Gasteiger partial charge in [0.15, 0.2) is 11.2 Å². The van der Waals surface area contributed by atoms with E-state index in [1.807, 2.05) is 12.1 Å². The van der Waals surface area contributed by atoms with E-state index in [2.05, 4.69) is 30.9 Å². The van der Waals surface area contributed by atoms with E-state index >= 15 is 0 Å². The molecule has 3 aromatic rings. The number of rotatable bonds is 2. The van der Waals surface area contributed by atoms with Gasteiger partial charge in [0.1, 0.15) is 6.33 Å². The first-order valence-corrected chi connectivity index (χ1v) is 6.77.